The molecule has 0 amide bonds. The van der Waals surface area contributed by atoms with Crippen LogP contribution in [0.3, 0.4) is 0 Å². The van der Waals surface area contributed by atoms with Gasteiger partial charge in [-0.05, 0) is 67.0 Å². The molecule has 0 saturated heterocycles. The smallest absolute Gasteiger partial charge is 0.343 e. The third-order valence-electron chi connectivity index (χ3n) is 6.54. The van der Waals surface area contributed by atoms with E-state index in [9.17, 15) is 9.59 Å². The maximum atomic E-state index is 13.2. The summed E-state index contributed by atoms with van der Waals surface area (Å²) >= 11 is 0. The zero-order valence-electron chi connectivity index (χ0n) is 20.2. The van der Waals surface area contributed by atoms with Gasteiger partial charge in [0.2, 0.25) is 0 Å². The van der Waals surface area contributed by atoms with Gasteiger partial charge in [-0.15, -0.1) is 0 Å². The average molecular weight is 457 g/mol. The summed E-state index contributed by atoms with van der Waals surface area (Å²) < 4.78 is 12.1. The van der Waals surface area contributed by atoms with Crippen LogP contribution in [0.15, 0.2) is 66.7 Å². The molecule has 4 nitrogen and oxygen atoms in total. The van der Waals surface area contributed by atoms with Crippen LogP contribution in [-0.4, -0.2) is 11.9 Å². The van der Waals surface area contributed by atoms with Crippen LogP contribution in [0.5, 0.6) is 11.5 Å². The van der Waals surface area contributed by atoms with E-state index >= 15 is 0 Å². The summed E-state index contributed by atoms with van der Waals surface area (Å²) in [7, 11) is 0. The lowest BCUT2D eigenvalue weighted by Gasteiger charge is -2.29. The third kappa shape index (κ3) is 5.22. The molecule has 4 heteroatoms. The first-order valence-corrected chi connectivity index (χ1v) is 12.2. The minimum absolute atomic E-state index is 0.240. The van der Waals surface area contributed by atoms with Crippen LogP contribution in [0.1, 0.15) is 95.2 Å². The van der Waals surface area contributed by atoms with Gasteiger partial charge >= 0.3 is 11.9 Å². The van der Waals surface area contributed by atoms with Crippen LogP contribution in [0, 0.1) is 6.92 Å². The summed E-state index contributed by atoms with van der Waals surface area (Å²) in [6, 6.07) is 19.9. The highest BCUT2D eigenvalue weighted by Gasteiger charge is 2.30. The molecule has 0 N–H and O–H groups in total. The highest BCUT2D eigenvalue weighted by atomic mass is 16.6. The standard InChI is InChI=1S/C30H32O4/c1-20(2)25-19-21(3)27(33-29(31)23-15-9-5-10-16-23)28(26(25)22-13-7-4-8-14-22)34-30(32)24-17-11-6-12-18-24/h5-6,9-12,15-20,22H,4,7-8,13-14H2,1-3H3. The Morgan fingerprint density at radius 3 is 1.76 bits per heavy atom. The first kappa shape index (κ1) is 23.7. The fourth-order valence-corrected chi connectivity index (χ4v) is 4.78. The number of esters is 2. The number of carbonyl (C=O) groups excluding carboxylic acids is 2. The van der Waals surface area contributed by atoms with E-state index in [-0.39, 0.29) is 11.8 Å². The van der Waals surface area contributed by atoms with Crippen molar-refractivity contribution in [2.24, 2.45) is 0 Å². The third-order valence-corrected chi connectivity index (χ3v) is 6.54. The minimum Gasteiger partial charge on any atom is -0.419 e. The lowest BCUT2D eigenvalue weighted by Crippen LogP contribution is -2.18. The predicted molar refractivity (Wildman–Crippen MR) is 134 cm³/mol. The Morgan fingerprint density at radius 2 is 1.26 bits per heavy atom. The molecule has 1 saturated carbocycles. The van der Waals surface area contributed by atoms with Crippen LogP contribution >= 0.6 is 0 Å². The number of hydrogen-bond donors (Lipinski definition) is 0. The molecule has 0 aromatic heterocycles. The summed E-state index contributed by atoms with van der Waals surface area (Å²) in [4.78, 5) is 26.2. The molecule has 1 aliphatic rings. The van der Waals surface area contributed by atoms with E-state index in [1.165, 1.54) is 6.42 Å². The Hall–Kier alpha value is -3.40. The van der Waals surface area contributed by atoms with Gasteiger partial charge in [0, 0.05) is 5.56 Å². The second-order valence-corrected chi connectivity index (χ2v) is 9.36. The average Bonchev–Trinajstić information content (AvgIpc) is 2.87. The molecule has 1 aliphatic carbocycles. The number of rotatable bonds is 6. The van der Waals surface area contributed by atoms with E-state index in [1.54, 1.807) is 36.4 Å². The second-order valence-electron chi connectivity index (χ2n) is 9.36. The van der Waals surface area contributed by atoms with Crippen molar-refractivity contribution in [2.75, 3.05) is 0 Å². The quantitative estimate of drug-likeness (QED) is 0.283. The normalized spacial score (nSPS) is 14.1. The topological polar surface area (TPSA) is 52.6 Å². The maximum Gasteiger partial charge on any atom is 0.343 e. The highest BCUT2D eigenvalue weighted by Crippen LogP contribution is 2.48. The number of hydrogen-bond acceptors (Lipinski definition) is 4. The molecule has 0 atom stereocenters. The van der Waals surface area contributed by atoms with Gasteiger partial charge in [-0.1, -0.05) is 75.6 Å². The van der Waals surface area contributed by atoms with Crippen molar-refractivity contribution in [1.82, 2.24) is 0 Å². The molecule has 0 unspecified atom stereocenters. The van der Waals surface area contributed by atoms with Crippen LogP contribution in [-0.2, 0) is 0 Å². The highest BCUT2D eigenvalue weighted by molar-refractivity contribution is 5.93. The van der Waals surface area contributed by atoms with Gasteiger partial charge < -0.3 is 9.47 Å². The molecule has 34 heavy (non-hydrogen) atoms. The van der Waals surface area contributed by atoms with Crippen molar-refractivity contribution in [3.8, 4) is 11.5 Å². The van der Waals surface area contributed by atoms with Gasteiger partial charge in [0.25, 0.3) is 0 Å². The van der Waals surface area contributed by atoms with Gasteiger partial charge in [0.1, 0.15) is 0 Å². The SMILES string of the molecule is Cc1cc(C(C)C)c(C2CCCCC2)c(OC(=O)c2ccccc2)c1OC(=O)c1ccccc1. The molecule has 4 rings (SSSR count). The molecule has 0 radical (unpaired) electrons. The Morgan fingerprint density at radius 1 is 0.765 bits per heavy atom. The lowest BCUT2D eigenvalue weighted by atomic mass is 9.78. The van der Waals surface area contributed by atoms with Crippen LogP contribution in [0.25, 0.3) is 0 Å². The molecule has 3 aromatic carbocycles. The summed E-state index contributed by atoms with van der Waals surface area (Å²) in [5.74, 6) is 0.322. The lowest BCUT2D eigenvalue weighted by molar-refractivity contribution is 0.0678. The molecule has 176 valence electrons. The van der Waals surface area contributed by atoms with E-state index in [2.05, 4.69) is 19.9 Å². The van der Waals surface area contributed by atoms with Gasteiger partial charge in [-0.3, -0.25) is 0 Å². The molecular weight excluding hydrogens is 424 g/mol. The summed E-state index contributed by atoms with van der Waals surface area (Å²) in [6.07, 6.45) is 5.56. The van der Waals surface area contributed by atoms with Gasteiger partial charge in [-0.2, -0.15) is 0 Å². The number of ether oxygens (including phenoxy) is 2. The summed E-state index contributed by atoms with van der Waals surface area (Å²) in [5, 5.41) is 0. The molecule has 0 bridgehead atoms. The van der Waals surface area contributed by atoms with Crippen LogP contribution < -0.4 is 9.47 Å². The zero-order valence-corrected chi connectivity index (χ0v) is 20.2. The van der Waals surface area contributed by atoms with Crippen molar-refractivity contribution >= 4 is 11.9 Å². The Kier molecular flexibility index (Phi) is 7.46. The van der Waals surface area contributed by atoms with Crippen molar-refractivity contribution < 1.29 is 19.1 Å². The molecule has 1 fully saturated rings. The van der Waals surface area contributed by atoms with Crippen molar-refractivity contribution in [2.45, 2.75) is 64.7 Å². The van der Waals surface area contributed by atoms with Crippen molar-refractivity contribution in [3.63, 3.8) is 0 Å². The molecule has 0 heterocycles. The van der Waals surface area contributed by atoms with Gasteiger partial charge in [0.05, 0.1) is 11.1 Å². The fourth-order valence-electron chi connectivity index (χ4n) is 4.78. The van der Waals surface area contributed by atoms with Crippen LogP contribution in [0.2, 0.25) is 0 Å². The molecule has 0 spiro atoms. The summed E-state index contributed by atoms with van der Waals surface area (Å²) in [6.45, 7) is 6.21. The zero-order chi connectivity index (χ0) is 24.1. The van der Waals surface area contributed by atoms with E-state index in [1.807, 2.05) is 31.2 Å². The Bertz CT molecular complexity index is 1140. The van der Waals surface area contributed by atoms with E-state index < -0.39 is 11.9 Å². The largest absolute Gasteiger partial charge is 0.419 e. The van der Waals surface area contributed by atoms with E-state index in [4.69, 9.17) is 9.47 Å². The Balaban J connectivity index is 1.84. The van der Waals surface area contributed by atoms with E-state index in [0.29, 0.717) is 22.6 Å². The van der Waals surface area contributed by atoms with Gasteiger partial charge in [-0.25, -0.2) is 9.59 Å². The van der Waals surface area contributed by atoms with E-state index in [0.717, 1.165) is 42.4 Å². The first-order chi connectivity index (χ1) is 16.5. The predicted octanol–water partition coefficient (Wildman–Crippen LogP) is 7.60. The second kappa shape index (κ2) is 10.7. The van der Waals surface area contributed by atoms with Crippen molar-refractivity contribution in [3.05, 3.63) is 94.5 Å². The molecule has 0 aliphatic heterocycles. The van der Waals surface area contributed by atoms with Crippen molar-refractivity contribution in [1.29, 1.82) is 0 Å². The van der Waals surface area contributed by atoms with Crippen LogP contribution in [0.4, 0.5) is 0 Å². The molecule has 3 aromatic rings. The first-order valence-electron chi connectivity index (χ1n) is 12.2. The van der Waals surface area contributed by atoms with Gasteiger partial charge in [0.15, 0.2) is 11.5 Å². The minimum atomic E-state index is -0.465. The summed E-state index contributed by atoms with van der Waals surface area (Å²) in [5.41, 5.74) is 3.86. The fraction of sp³-hybridized carbons (Fsp3) is 0.333. The Labute approximate surface area is 201 Å². The molecular formula is C30H32O4. The number of aryl methyl sites for hydroxylation is 1. The number of carbonyl (C=O) groups is 2. The maximum absolute atomic E-state index is 13.2. The monoisotopic (exact) mass is 456 g/mol. The number of benzene rings is 3.